The van der Waals surface area contributed by atoms with Crippen LogP contribution in [0.15, 0.2) is 43.0 Å². The van der Waals surface area contributed by atoms with Gasteiger partial charge in [0.1, 0.15) is 11.6 Å². The van der Waals surface area contributed by atoms with Crippen LogP contribution in [0.3, 0.4) is 0 Å². The van der Waals surface area contributed by atoms with Crippen LogP contribution in [0.25, 0.3) is 16.2 Å². The normalized spacial score (nSPS) is 13.2. The van der Waals surface area contributed by atoms with E-state index in [9.17, 15) is 0 Å². The first-order valence-electron chi connectivity index (χ1n) is 8.27. The Hall–Kier alpha value is -2.54. The van der Waals surface area contributed by atoms with Crippen molar-refractivity contribution in [2.45, 2.75) is 20.8 Å². The Bertz CT molecular complexity index is 577. The number of rotatable bonds is 2. The van der Waals surface area contributed by atoms with Crippen molar-refractivity contribution in [3.8, 4) is 0 Å². The van der Waals surface area contributed by atoms with Crippen molar-refractivity contribution in [2.75, 3.05) is 23.9 Å². The molecule has 3 heterocycles. The second kappa shape index (κ2) is 16.6. The summed E-state index contributed by atoms with van der Waals surface area (Å²) in [5.74, 6) is 1.81. The van der Waals surface area contributed by atoms with E-state index in [-0.39, 0.29) is 19.5 Å². The van der Waals surface area contributed by atoms with E-state index in [0.717, 1.165) is 30.3 Å². The molecule has 28 heavy (non-hydrogen) atoms. The minimum Gasteiger partial charge on any atom is -0.814 e. The molecule has 3 rings (SSSR count). The predicted molar refractivity (Wildman–Crippen MR) is 117 cm³/mol. The zero-order valence-electron chi connectivity index (χ0n) is 16.9. The van der Waals surface area contributed by atoms with Crippen molar-refractivity contribution in [1.82, 2.24) is 14.8 Å². The first kappa shape index (κ1) is 27.7. The van der Waals surface area contributed by atoms with Crippen molar-refractivity contribution in [1.29, 1.82) is 0 Å². The molecule has 0 fully saturated rings. The molecule has 151 valence electrons. The van der Waals surface area contributed by atoms with E-state index >= 15 is 0 Å². The van der Waals surface area contributed by atoms with Gasteiger partial charge in [-0.25, -0.2) is 23.6 Å². The third-order valence-electron chi connectivity index (χ3n) is 2.79. The van der Waals surface area contributed by atoms with Gasteiger partial charge in [0, 0.05) is 0 Å². The van der Waals surface area contributed by atoms with Crippen LogP contribution >= 0.6 is 0 Å². The Labute approximate surface area is 181 Å². The molecule has 0 unspecified atom stereocenters. The molecule has 2 aliphatic rings. The molecule has 2 aliphatic heterocycles. The molecule has 0 amide bonds. The van der Waals surface area contributed by atoms with Gasteiger partial charge < -0.3 is 35.8 Å². The molecule has 9 heteroatoms. The third-order valence-corrected chi connectivity index (χ3v) is 2.79. The number of nitrogens with zero attached hydrogens (tertiary/aromatic N) is 8. The summed E-state index contributed by atoms with van der Waals surface area (Å²) in [5.41, 5.74) is 0. The van der Waals surface area contributed by atoms with Crippen LogP contribution < -0.4 is 9.80 Å². The first-order valence-corrected chi connectivity index (χ1v) is 8.27. The van der Waals surface area contributed by atoms with Crippen LogP contribution in [0.5, 0.6) is 0 Å². The minimum absolute atomic E-state index is 0. The maximum Gasteiger partial charge on any atom is 5.00 e. The second-order valence-corrected chi connectivity index (χ2v) is 5.10. The molecule has 0 atom stereocenters. The Kier molecular flexibility index (Phi) is 16.4. The van der Waals surface area contributed by atoms with Crippen molar-refractivity contribution >= 4 is 30.3 Å². The van der Waals surface area contributed by atoms with Crippen LogP contribution in [0.1, 0.15) is 20.8 Å². The summed E-state index contributed by atoms with van der Waals surface area (Å²) in [6.45, 7) is 8.64. The number of hydrogen-bond acceptors (Lipinski definition) is 5. The predicted octanol–water partition coefficient (Wildman–Crippen LogP) is 3.70. The van der Waals surface area contributed by atoms with Crippen molar-refractivity contribution in [3.63, 3.8) is 0 Å². The first-order chi connectivity index (χ1) is 13.0. The molecular weight excluding hydrogens is 441 g/mol. The quantitative estimate of drug-likeness (QED) is 0.375. The molecule has 0 saturated carbocycles. The van der Waals surface area contributed by atoms with E-state index in [2.05, 4.69) is 4.98 Å². The molecule has 0 N–H and O–H groups in total. The maximum absolute atomic E-state index is 7.44. The van der Waals surface area contributed by atoms with Crippen LogP contribution in [-0.4, -0.2) is 47.5 Å². The third kappa shape index (κ3) is 10.6. The average molecular weight is 469 g/mol. The molecule has 8 nitrogen and oxygen atoms in total. The fraction of sp³-hybridized carbons (Fsp3) is 0.263. The maximum atomic E-state index is 7.44. The van der Waals surface area contributed by atoms with Crippen molar-refractivity contribution < 1.29 is 19.5 Å². The summed E-state index contributed by atoms with van der Waals surface area (Å²) >= 11 is 0. The van der Waals surface area contributed by atoms with Gasteiger partial charge in [-0.05, 0) is 51.0 Å². The number of pyridine rings is 1. The van der Waals surface area contributed by atoms with Crippen LogP contribution in [0.2, 0.25) is 0 Å². The van der Waals surface area contributed by atoms with E-state index in [1.165, 1.54) is 0 Å². The monoisotopic (exact) mass is 469 g/mol. The zero-order chi connectivity index (χ0) is 20.7. The van der Waals surface area contributed by atoms with Crippen molar-refractivity contribution in [2.24, 2.45) is 0 Å². The Balaban J connectivity index is 0. The zero-order valence-corrected chi connectivity index (χ0v) is 18.6. The van der Waals surface area contributed by atoms with E-state index in [1.54, 1.807) is 20.8 Å². The fourth-order valence-electron chi connectivity index (χ4n) is 1.87. The minimum atomic E-state index is 0. The van der Waals surface area contributed by atoms with E-state index in [0.29, 0.717) is 0 Å². The molecule has 1 radical (unpaired) electrons. The summed E-state index contributed by atoms with van der Waals surface area (Å²) in [7, 11) is 3.98. The summed E-state index contributed by atoms with van der Waals surface area (Å²) in [6.07, 6.45) is 11.0. The summed E-state index contributed by atoms with van der Waals surface area (Å²) in [4.78, 5) is 12.6. The topological polar surface area (TPSA) is 92.7 Å². The van der Waals surface area contributed by atoms with Gasteiger partial charge in [0.25, 0.3) is 0 Å². The largest absolute Gasteiger partial charge is 5.00 e. The molecule has 1 aromatic heterocycles. The van der Waals surface area contributed by atoms with E-state index in [1.807, 2.05) is 90.0 Å². The molecule has 1 aromatic rings. The van der Waals surface area contributed by atoms with Gasteiger partial charge >= 0.3 is 19.5 Å². The van der Waals surface area contributed by atoms with Crippen LogP contribution in [0.4, 0.5) is 11.6 Å². The number of anilines is 2. The van der Waals surface area contributed by atoms with Gasteiger partial charge in [0.15, 0.2) is 0 Å². The van der Waals surface area contributed by atoms with Crippen LogP contribution in [-0.2, 0) is 19.5 Å². The fourth-order valence-corrected chi connectivity index (χ4v) is 1.87. The van der Waals surface area contributed by atoms with Crippen molar-refractivity contribution in [3.05, 3.63) is 72.6 Å². The summed E-state index contributed by atoms with van der Waals surface area (Å²) < 4.78 is 0. The Morgan fingerprint density at radius 1 is 0.750 bits per heavy atom. The standard InChI is InChI=1S/C13H15N5.3C2H4N.Ru/c1-15-6-8-17(10-15)12-4-3-5-13(14-12)18-9-7-16(2)11-18;3*1-2-3;/h3-11H,1-2H3;3*2H,1H3;/q-2;3*-1;+5. The van der Waals surface area contributed by atoms with Gasteiger partial charge in [0.2, 0.25) is 0 Å². The average Bonchev–Trinajstić information content (AvgIpc) is 3.26. The van der Waals surface area contributed by atoms with E-state index < -0.39 is 0 Å². The summed E-state index contributed by atoms with van der Waals surface area (Å²) in [6, 6.07) is 6.00. The van der Waals surface area contributed by atoms with E-state index in [4.69, 9.17) is 16.2 Å². The molecule has 0 bridgehead atoms. The molecular formula is C19H27N8Ru. The molecule has 0 saturated heterocycles. The molecule has 0 aromatic carbocycles. The Morgan fingerprint density at radius 3 is 1.32 bits per heavy atom. The van der Waals surface area contributed by atoms with Gasteiger partial charge in [-0.15, -0.1) is 13.3 Å². The smallest absolute Gasteiger partial charge is 0.814 e. The summed E-state index contributed by atoms with van der Waals surface area (Å²) in [5, 5.41) is 22.3. The van der Waals surface area contributed by atoms with Crippen LogP contribution in [0, 0.1) is 13.3 Å². The van der Waals surface area contributed by atoms with Gasteiger partial charge in [0.05, 0.1) is 0 Å². The second-order valence-electron chi connectivity index (χ2n) is 5.10. The van der Waals surface area contributed by atoms with Gasteiger partial charge in [-0.2, -0.15) is 0 Å². The Morgan fingerprint density at radius 2 is 1.07 bits per heavy atom. The number of hydrogen-bond donors (Lipinski definition) is 0. The molecule has 0 spiro atoms. The van der Waals surface area contributed by atoms with Gasteiger partial charge in [-0.3, -0.25) is 0 Å². The molecule has 0 aliphatic carbocycles. The SMILES string of the molecule is CC=[N-].CC=[N-].CC=[N-].CN1C=CN(c2cccc(N3C=CN(C)[CH-]3)n2)[CH-]1.[Ru+5]. The van der Waals surface area contributed by atoms with Gasteiger partial charge in [-0.1, -0.05) is 26.8 Å². The number of aromatic nitrogens is 1.